The van der Waals surface area contributed by atoms with Crippen LogP contribution in [0.25, 0.3) is 21.8 Å². The van der Waals surface area contributed by atoms with Crippen LogP contribution in [0, 0.1) is 22.7 Å². The summed E-state index contributed by atoms with van der Waals surface area (Å²) in [5.74, 6) is 3.98. The Bertz CT molecular complexity index is 1170. The molecule has 0 spiro atoms. The molecule has 2 nitrogen and oxygen atoms in total. The van der Waals surface area contributed by atoms with E-state index in [2.05, 4.69) is 65.8 Å². The number of fused-ring (bicyclic) bond motifs is 3. The van der Waals surface area contributed by atoms with E-state index in [4.69, 9.17) is 9.97 Å². The molecule has 0 radical (unpaired) electrons. The van der Waals surface area contributed by atoms with Crippen LogP contribution in [-0.2, 0) is 0 Å². The van der Waals surface area contributed by atoms with Gasteiger partial charge in [0.1, 0.15) is 0 Å². The summed E-state index contributed by atoms with van der Waals surface area (Å²) in [6.45, 7) is 14.6. The van der Waals surface area contributed by atoms with Crippen molar-refractivity contribution in [1.29, 1.82) is 0 Å². The maximum absolute atomic E-state index is 5.34. The number of hydrogen-bond acceptors (Lipinski definition) is 2. The van der Waals surface area contributed by atoms with Gasteiger partial charge < -0.3 is 0 Å². The average molecular weight is 397 g/mol. The van der Waals surface area contributed by atoms with Crippen molar-refractivity contribution in [2.45, 2.75) is 78.1 Å². The highest BCUT2D eigenvalue weighted by Gasteiger charge is 2.57. The predicted molar refractivity (Wildman–Crippen MR) is 123 cm³/mol. The molecular weight excluding hydrogens is 364 g/mol. The molecule has 30 heavy (non-hydrogen) atoms. The third-order valence-corrected chi connectivity index (χ3v) is 10.4. The van der Waals surface area contributed by atoms with Crippen molar-refractivity contribution in [3.05, 3.63) is 46.8 Å². The monoisotopic (exact) mass is 396 g/mol. The summed E-state index contributed by atoms with van der Waals surface area (Å²) < 4.78 is 0. The van der Waals surface area contributed by atoms with Gasteiger partial charge in [0.2, 0.25) is 0 Å². The van der Waals surface area contributed by atoms with E-state index in [1.54, 1.807) is 0 Å². The quantitative estimate of drug-likeness (QED) is 0.373. The number of pyridine rings is 2. The van der Waals surface area contributed by atoms with E-state index in [-0.39, 0.29) is 0 Å². The Kier molecular flexibility index (Phi) is 3.00. The molecule has 9 rings (SSSR count). The van der Waals surface area contributed by atoms with Crippen molar-refractivity contribution in [2.75, 3.05) is 0 Å². The van der Waals surface area contributed by atoms with Crippen molar-refractivity contribution in [3.63, 3.8) is 0 Å². The fraction of sp³-hybridized carbons (Fsp3) is 0.571. The van der Waals surface area contributed by atoms with E-state index >= 15 is 0 Å². The lowest BCUT2D eigenvalue weighted by Crippen LogP contribution is -2.50. The van der Waals surface area contributed by atoms with E-state index in [1.165, 1.54) is 46.1 Å². The average Bonchev–Trinajstić information content (AvgIpc) is 2.70. The van der Waals surface area contributed by atoms with Gasteiger partial charge in [-0.1, -0.05) is 53.7 Å². The Morgan fingerprint density at radius 3 is 1.47 bits per heavy atom. The summed E-state index contributed by atoms with van der Waals surface area (Å²) >= 11 is 0. The van der Waals surface area contributed by atoms with E-state index in [0.717, 1.165) is 22.9 Å². The molecule has 0 amide bonds. The molecule has 6 aliphatic carbocycles. The van der Waals surface area contributed by atoms with Gasteiger partial charge in [0.25, 0.3) is 0 Å². The first-order valence-electron chi connectivity index (χ1n) is 12.0. The molecule has 154 valence electrons. The van der Waals surface area contributed by atoms with Crippen molar-refractivity contribution in [3.8, 4) is 0 Å². The molecule has 1 aromatic carbocycles. The molecule has 2 heterocycles. The van der Waals surface area contributed by atoms with Gasteiger partial charge in [0.15, 0.2) is 0 Å². The molecule has 4 bridgehead atoms. The van der Waals surface area contributed by atoms with Gasteiger partial charge in [-0.2, -0.15) is 0 Å². The third-order valence-electron chi connectivity index (χ3n) is 10.4. The zero-order valence-electron chi connectivity index (χ0n) is 19.1. The van der Waals surface area contributed by atoms with Gasteiger partial charge in [-0.3, -0.25) is 0 Å². The smallest absolute Gasteiger partial charge is 0.0968 e. The highest BCUT2D eigenvalue weighted by Crippen LogP contribution is 2.67. The lowest BCUT2D eigenvalue weighted by Gasteiger charge is -2.59. The molecule has 6 atom stereocenters. The first-order valence-corrected chi connectivity index (χ1v) is 12.0. The minimum absolute atomic E-state index is 0.416. The number of rotatable bonds is 0. The van der Waals surface area contributed by atoms with E-state index < -0.39 is 0 Å². The lowest BCUT2D eigenvalue weighted by molar-refractivity contribution is -0.00266. The molecule has 0 N–H and O–H groups in total. The molecule has 0 aliphatic heterocycles. The molecule has 2 fully saturated rings. The first kappa shape index (κ1) is 17.7. The van der Waals surface area contributed by atoms with E-state index in [0.29, 0.717) is 34.5 Å². The van der Waals surface area contributed by atoms with Crippen LogP contribution >= 0.6 is 0 Å². The second-order valence-electron chi connectivity index (χ2n) is 12.1. The zero-order chi connectivity index (χ0) is 20.7. The van der Waals surface area contributed by atoms with Crippen LogP contribution in [-0.4, -0.2) is 9.97 Å². The summed E-state index contributed by atoms with van der Waals surface area (Å²) in [5, 5.41) is 2.55. The lowest BCUT2D eigenvalue weighted by atomic mass is 9.45. The number of hydrogen-bond donors (Lipinski definition) is 0. The Morgan fingerprint density at radius 1 is 0.700 bits per heavy atom. The van der Waals surface area contributed by atoms with Crippen molar-refractivity contribution >= 4 is 21.8 Å². The summed E-state index contributed by atoms with van der Waals surface area (Å²) in [4.78, 5) is 10.7. The van der Waals surface area contributed by atoms with Crippen LogP contribution in [0.2, 0.25) is 0 Å². The Morgan fingerprint density at radius 2 is 1.10 bits per heavy atom. The molecular formula is C28H32N2. The minimum atomic E-state index is 0.416. The topological polar surface area (TPSA) is 25.8 Å². The molecule has 2 saturated carbocycles. The maximum atomic E-state index is 5.34. The van der Waals surface area contributed by atoms with Crippen LogP contribution in [0.1, 0.15) is 101 Å². The van der Waals surface area contributed by atoms with Crippen molar-refractivity contribution < 1.29 is 0 Å². The molecule has 6 aliphatic rings. The SMILES string of the molecule is C[C@@H]1c2nc3c(ccc4cc5c(nc43)[C@@H](C)[C@H]3C[C@@H]5C3(C)C)cc2[C@@H]2C[C@H]1C2(C)C. The highest BCUT2D eigenvalue weighted by atomic mass is 14.8. The summed E-state index contributed by atoms with van der Waals surface area (Å²) in [5.41, 5.74) is 8.82. The third kappa shape index (κ3) is 1.81. The summed E-state index contributed by atoms with van der Waals surface area (Å²) in [7, 11) is 0. The Balaban J connectivity index is 1.48. The van der Waals surface area contributed by atoms with Gasteiger partial charge in [0, 0.05) is 34.0 Å². The van der Waals surface area contributed by atoms with Crippen LogP contribution < -0.4 is 0 Å². The summed E-state index contributed by atoms with van der Waals surface area (Å²) in [6, 6.07) is 9.51. The van der Waals surface area contributed by atoms with Crippen LogP contribution in [0.15, 0.2) is 24.3 Å². The molecule has 0 saturated heterocycles. The maximum Gasteiger partial charge on any atom is 0.0968 e. The fourth-order valence-electron chi connectivity index (χ4n) is 8.27. The molecule has 2 aromatic heterocycles. The standard InChI is InChI=1S/C28H32N2/c1-13-19-11-21(27(19,3)4)17-9-15-7-8-16-10-18-22-12-20(28(22,5)6)14(2)24(18)30-26(16)25(15)29-23(13)17/h7-10,13-14,19-22H,11-12H2,1-6H3/t13-,14-,19+,20+,21-,22-/m0/s1. The Hall–Kier alpha value is -1.96. The zero-order valence-corrected chi connectivity index (χ0v) is 19.1. The second-order valence-corrected chi connectivity index (χ2v) is 12.1. The van der Waals surface area contributed by atoms with Crippen molar-refractivity contribution in [1.82, 2.24) is 9.97 Å². The minimum Gasteiger partial charge on any atom is -0.250 e. The van der Waals surface area contributed by atoms with Crippen LogP contribution in [0.5, 0.6) is 0 Å². The first-order chi connectivity index (χ1) is 14.2. The van der Waals surface area contributed by atoms with E-state index in [1.807, 2.05) is 0 Å². The number of benzene rings is 1. The van der Waals surface area contributed by atoms with Gasteiger partial charge in [0.05, 0.1) is 11.0 Å². The molecule has 0 unspecified atom stereocenters. The second kappa shape index (κ2) is 5.09. The van der Waals surface area contributed by atoms with Crippen LogP contribution in [0.4, 0.5) is 0 Å². The number of nitrogens with zero attached hydrogens (tertiary/aromatic N) is 2. The van der Waals surface area contributed by atoms with Gasteiger partial charge in [-0.05, 0) is 70.6 Å². The Labute approximate surface area is 179 Å². The number of aromatic nitrogens is 2. The fourth-order valence-corrected chi connectivity index (χ4v) is 8.27. The predicted octanol–water partition coefficient (Wildman–Crippen LogP) is 7.28. The van der Waals surface area contributed by atoms with Gasteiger partial charge >= 0.3 is 0 Å². The highest BCUT2D eigenvalue weighted by molar-refractivity contribution is 6.03. The van der Waals surface area contributed by atoms with Crippen molar-refractivity contribution in [2.24, 2.45) is 22.7 Å². The van der Waals surface area contributed by atoms with Gasteiger partial charge in [-0.25, -0.2) is 9.97 Å². The molecule has 2 heteroatoms. The largest absolute Gasteiger partial charge is 0.250 e. The van der Waals surface area contributed by atoms with Gasteiger partial charge in [-0.15, -0.1) is 0 Å². The van der Waals surface area contributed by atoms with Crippen LogP contribution in [0.3, 0.4) is 0 Å². The molecule has 3 aromatic rings. The van der Waals surface area contributed by atoms with E-state index in [9.17, 15) is 0 Å². The summed E-state index contributed by atoms with van der Waals surface area (Å²) in [6.07, 6.45) is 2.67. The normalized spacial score (nSPS) is 36.6.